The summed E-state index contributed by atoms with van der Waals surface area (Å²) in [6, 6.07) is 10.7. The van der Waals surface area contributed by atoms with Crippen LogP contribution in [0.4, 0.5) is 0 Å². The smallest absolute Gasteiger partial charge is 0.238 e. The van der Waals surface area contributed by atoms with Crippen molar-refractivity contribution in [2.45, 2.75) is 57.5 Å². The molecule has 3 fully saturated rings. The van der Waals surface area contributed by atoms with Crippen molar-refractivity contribution in [3.8, 4) is 0 Å². The molecule has 2 aliphatic carbocycles. The van der Waals surface area contributed by atoms with E-state index < -0.39 is 5.41 Å². The van der Waals surface area contributed by atoms with Gasteiger partial charge in [-0.25, -0.2) is 0 Å². The highest BCUT2D eigenvalue weighted by Gasteiger charge is 2.58. The van der Waals surface area contributed by atoms with Gasteiger partial charge in [-0.05, 0) is 31.2 Å². The van der Waals surface area contributed by atoms with Gasteiger partial charge >= 0.3 is 0 Å². The summed E-state index contributed by atoms with van der Waals surface area (Å²) >= 11 is 0. The van der Waals surface area contributed by atoms with Crippen molar-refractivity contribution in [2.24, 2.45) is 5.41 Å². The van der Waals surface area contributed by atoms with Crippen LogP contribution in [0.3, 0.4) is 0 Å². The van der Waals surface area contributed by atoms with Gasteiger partial charge in [0, 0.05) is 38.8 Å². The Bertz CT molecular complexity index is 657. The van der Waals surface area contributed by atoms with Crippen LogP contribution < -0.4 is 5.32 Å². The number of piperazine rings is 1. The minimum atomic E-state index is -0.751. The number of rotatable bonds is 5. The number of carbonyl (C=O) groups excluding carboxylic acids is 2. The van der Waals surface area contributed by atoms with Gasteiger partial charge in [0.2, 0.25) is 11.8 Å². The Morgan fingerprint density at radius 1 is 0.963 bits per heavy atom. The maximum absolute atomic E-state index is 13.1. The van der Waals surface area contributed by atoms with Crippen LogP contribution in [0.15, 0.2) is 30.3 Å². The molecule has 2 saturated carbocycles. The second kappa shape index (κ2) is 8.01. The number of amides is 2. The van der Waals surface area contributed by atoms with Crippen LogP contribution in [0.25, 0.3) is 0 Å². The van der Waals surface area contributed by atoms with Crippen LogP contribution in [0.5, 0.6) is 0 Å². The second-order valence-electron chi connectivity index (χ2n) is 8.44. The van der Waals surface area contributed by atoms with E-state index in [4.69, 9.17) is 0 Å². The van der Waals surface area contributed by atoms with Gasteiger partial charge in [0.05, 0.1) is 0 Å². The molecule has 0 aromatic heterocycles. The van der Waals surface area contributed by atoms with E-state index in [1.807, 2.05) is 11.0 Å². The zero-order valence-corrected chi connectivity index (χ0v) is 16.2. The van der Waals surface area contributed by atoms with Crippen LogP contribution in [-0.4, -0.2) is 53.8 Å². The lowest BCUT2D eigenvalue weighted by atomic mass is 9.94. The van der Waals surface area contributed by atoms with Crippen molar-refractivity contribution in [2.75, 3.05) is 26.2 Å². The quantitative estimate of drug-likeness (QED) is 0.812. The van der Waals surface area contributed by atoms with E-state index in [1.54, 1.807) is 0 Å². The number of benzene rings is 1. The minimum Gasteiger partial charge on any atom is -0.352 e. The Morgan fingerprint density at radius 2 is 1.63 bits per heavy atom. The molecule has 0 bridgehead atoms. The molecular weight excluding hydrogens is 338 g/mol. The normalized spacial score (nSPS) is 23.0. The maximum atomic E-state index is 13.1. The summed E-state index contributed by atoms with van der Waals surface area (Å²) in [5.74, 6) is 0.0567. The summed E-state index contributed by atoms with van der Waals surface area (Å²) in [7, 11) is 0. The molecule has 146 valence electrons. The fraction of sp³-hybridized carbons (Fsp3) is 0.636. The Hall–Kier alpha value is -1.88. The Labute approximate surface area is 162 Å². The molecule has 2 amide bonds. The SMILES string of the molecule is O=C(NC1CCCCC1)C1(C(=O)N2CCN(Cc3ccccc3)CC2)CC1. The number of nitrogens with zero attached hydrogens (tertiary/aromatic N) is 2. The molecule has 1 heterocycles. The van der Waals surface area contributed by atoms with Gasteiger partial charge in [0.15, 0.2) is 0 Å². The summed E-state index contributed by atoms with van der Waals surface area (Å²) in [5.41, 5.74) is 0.557. The molecule has 1 saturated heterocycles. The van der Waals surface area contributed by atoms with Gasteiger partial charge in [-0.15, -0.1) is 0 Å². The summed E-state index contributed by atoms with van der Waals surface area (Å²) in [6.07, 6.45) is 7.21. The van der Waals surface area contributed by atoms with E-state index in [0.717, 1.165) is 45.6 Å². The maximum Gasteiger partial charge on any atom is 0.238 e. The van der Waals surface area contributed by atoms with E-state index in [2.05, 4.69) is 34.5 Å². The zero-order valence-electron chi connectivity index (χ0n) is 16.2. The Balaban J connectivity index is 1.29. The van der Waals surface area contributed by atoms with Crippen molar-refractivity contribution >= 4 is 11.8 Å². The number of carbonyl (C=O) groups is 2. The van der Waals surface area contributed by atoms with Crippen molar-refractivity contribution in [3.63, 3.8) is 0 Å². The molecule has 1 aromatic carbocycles. The molecule has 5 heteroatoms. The third-order valence-corrected chi connectivity index (χ3v) is 6.44. The monoisotopic (exact) mass is 369 g/mol. The highest BCUT2D eigenvalue weighted by atomic mass is 16.2. The molecule has 0 spiro atoms. The Kier molecular flexibility index (Phi) is 5.48. The summed E-state index contributed by atoms with van der Waals surface area (Å²) in [6.45, 7) is 4.13. The average Bonchev–Trinajstić information content (AvgIpc) is 3.52. The van der Waals surface area contributed by atoms with Crippen LogP contribution >= 0.6 is 0 Å². The molecule has 1 aromatic rings. The van der Waals surface area contributed by atoms with E-state index in [1.165, 1.54) is 24.8 Å². The van der Waals surface area contributed by atoms with Gasteiger partial charge in [0.1, 0.15) is 5.41 Å². The van der Waals surface area contributed by atoms with Gasteiger partial charge in [0.25, 0.3) is 0 Å². The lowest BCUT2D eigenvalue weighted by Gasteiger charge is -2.36. The van der Waals surface area contributed by atoms with Gasteiger partial charge in [-0.3, -0.25) is 14.5 Å². The van der Waals surface area contributed by atoms with Crippen LogP contribution in [0.1, 0.15) is 50.5 Å². The first kappa shape index (κ1) is 18.5. The largest absolute Gasteiger partial charge is 0.352 e. The number of hydrogen-bond donors (Lipinski definition) is 1. The minimum absolute atomic E-state index is 0.00823. The third kappa shape index (κ3) is 4.18. The predicted molar refractivity (Wildman–Crippen MR) is 105 cm³/mol. The van der Waals surface area contributed by atoms with Crippen LogP contribution in [0, 0.1) is 5.41 Å². The van der Waals surface area contributed by atoms with Crippen LogP contribution in [0.2, 0.25) is 0 Å². The highest BCUT2D eigenvalue weighted by molar-refractivity contribution is 6.08. The molecule has 27 heavy (non-hydrogen) atoms. The lowest BCUT2D eigenvalue weighted by molar-refractivity contribution is -0.146. The highest BCUT2D eigenvalue weighted by Crippen LogP contribution is 2.48. The molecule has 0 radical (unpaired) electrons. The fourth-order valence-corrected chi connectivity index (χ4v) is 4.49. The third-order valence-electron chi connectivity index (χ3n) is 6.44. The first-order chi connectivity index (χ1) is 13.2. The topological polar surface area (TPSA) is 52.7 Å². The molecule has 1 aliphatic heterocycles. The lowest BCUT2D eigenvalue weighted by Crippen LogP contribution is -2.53. The molecule has 5 nitrogen and oxygen atoms in total. The predicted octanol–water partition coefficient (Wildman–Crippen LogP) is 2.56. The molecule has 0 atom stereocenters. The number of nitrogens with one attached hydrogen (secondary N) is 1. The standard InChI is InChI=1S/C22H31N3O2/c26-20(23-19-9-5-2-6-10-19)22(11-12-22)21(27)25-15-13-24(14-16-25)17-18-7-3-1-4-8-18/h1,3-4,7-8,19H,2,5-6,9-17H2,(H,23,26). The zero-order chi connectivity index (χ0) is 18.7. The summed E-state index contributed by atoms with van der Waals surface area (Å²) in [5, 5.41) is 3.19. The van der Waals surface area contributed by atoms with Crippen LogP contribution in [-0.2, 0) is 16.1 Å². The van der Waals surface area contributed by atoms with Crippen molar-refractivity contribution in [1.82, 2.24) is 15.1 Å². The van der Waals surface area contributed by atoms with Crippen molar-refractivity contribution in [1.29, 1.82) is 0 Å². The van der Waals surface area contributed by atoms with E-state index in [-0.39, 0.29) is 17.9 Å². The molecule has 1 N–H and O–H groups in total. The molecule has 0 unspecified atom stereocenters. The van der Waals surface area contributed by atoms with Gasteiger partial charge in [-0.1, -0.05) is 49.6 Å². The molecule has 4 rings (SSSR count). The average molecular weight is 370 g/mol. The van der Waals surface area contributed by atoms with E-state index in [9.17, 15) is 9.59 Å². The van der Waals surface area contributed by atoms with E-state index >= 15 is 0 Å². The summed E-state index contributed by atoms with van der Waals surface area (Å²) < 4.78 is 0. The van der Waals surface area contributed by atoms with Crippen molar-refractivity contribution < 1.29 is 9.59 Å². The first-order valence-electron chi connectivity index (χ1n) is 10.5. The van der Waals surface area contributed by atoms with Gasteiger partial charge < -0.3 is 10.2 Å². The first-order valence-corrected chi connectivity index (χ1v) is 10.5. The fourth-order valence-electron chi connectivity index (χ4n) is 4.49. The summed E-state index contributed by atoms with van der Waals surface area (Å²) in [4.78, 5) is 30.2. The van der Waals surface area contributed by atoms with Crippen molar-refractivity contribution in [3.05, 3.63) is 35.9 Å². The second-order valence-corrected chi connectivity index (χ2v) is 8.44. The molecular formula is C22H31N3O2. The van der Waals surface area contributed by atoms with Gasteiger partial charge in [-0.2, -0.15) is 0 Å². The molecule has 3 aliphatic rings. The van der Waals surface area contributed by atoms with E-state index in [0.29, 0.717) is 12.8 Å². The number of hydrogen-bond acceptors (Lipinski definition) is 3. The Morgan fingerprint density at radius 3 is 2.26 bits per heavy atom.